The highest BCUT2D eigenvalue weighted by Crippen LogP contribution is 2.20. The summed E-state index contributed by atoms with van der Waals surface area (Å²) in [4.78, 5) is 4.45. The fraction of sp³-hybridized carbons (Fsp3) is 0.385. The largest absolute Gasteiger partial charge is 0.313 e. The monoisotopic (exact) mass is 230 g/mol. The molecule has 2 rings (SSSR count). The van der Waals surface area contributed by atoms with Crippen LogP contribution in [0.1, 0.15) is 29.9 Å². The average Bonchev–Trinajstić information content (AvgIpc) is 2.67. The quantitative estimate of drug-likeness (QED) is 0.878. The normalized spacial score (nSPS) is 12.7. The van der Waals surface area contributed by atoms with E-state index >= 15 is 0 Å². The summed E-state index contributed by atoms with van der Waals surface area (Å²) >= 11 is 0. The predicted molar refractivity (Wildman–Crippen MR) is 68.3 cm³/mol. The molecule has 0 radical (unpaired) electrons. The Bertz CT molecular complexity index is 516. The number of pyridine rings is 1. The van der Waals surface area contributed by atoms with E-state index in [-0.39, 0.29) is 6.04 Å². The minimum absolute atomic E-state index is 0.252. The van der Waals surface area contributed by atoms with Crippen LogP contribution in [0.4, 0.5) is 0 Å². The zero-order chi connectivity index (χ0) is 12.4. The van der Waals surface area contributed by atoms with Crippen molar-refractivity contribution >= 4 is 0 Å². The maximum atomic E-state index is 4.48. The number of hydrogen-bond acceptors (Lipinski definition) is 3. The van der Waals surface area contributed by atoms with Gasteiger partial charge in [0.25, 0.3) is 0 Å². The third kappa shape index (κ3) is 2.22. The molecule has 1 unspecified atom stereocenters. The SMILES string of the molecule is CNC(C)c1cccnc1-n1nc(C)cc1C. The van der Waals surface area contributed by atoms with Gasteiger partial charge in [-0.1, -0.05) is 6.07 Å². The Hall–Kier alpha value is -1.68. The van der Waals surface area contributed by atoms with Gasteiger partial charge in [0.1, 0.15) is 0 Å². The van der Waals surface area contributed by atoms with Gasteiger partial charge in [-0.05, 0) is 40.0 Å². The first-order valence-corrected chi connectivity index (χ1v) is 5.79. The Morgan fingerprint density at radius 2 is 2.12 bits per heavy atom. The van der Waals surface area contributed by atoms with Crippen LogP contribution in [0.3, 0.4) is 0 Å². The van der Waals surface area contributed by atoms with Gasteiger partial charge >= 0.3 is 0 Å². The van der Waals surface area contributed by atoms with Gasteiger partial charge in [0.2, 0.25) is 0 Å². The Kier molecular flexibility index (Phi) is 3.24. The molecule has 4 nitrogen and oxygen atoms in total. The van der Waals surface area contributed by atoms with E-state index in [0.29, 0.717) is 0 Å². The second kappa shape index (κ2) is 4.67. The second-order valence-corrected chi connectivity index (χ2v) is 4.27. The van der Waals surface area contributed by atoms with E-state index in [4.69, 9.17) is 0 Å². The van der Waals surface area contributed by atoms with Crippen molar-refractivity contribution < 1.29 is 0 Å². The van der Waals surface area contributed by atoms with E-state index in [1.807, 2.05) is 31.6 Å². The molecule has 0 saturated carbocycles. The molecule has 2 heterocycles. The third-order valence-corrected chi connectivity index (χ3v) is 2.93. The van der Waals surface area contributed by atoms with Crippen LogP contribution < -0.4 is 5.32 Å². The lowest BCUT2D eigenvalue weighted by molar-refractivity contribution is 0.636. The van der Waals surface area contributed by atoms with Crippen LogP contribution in [0.15, 0.2) is 24.4 Å². The van der Waals surface area contributed by atoms with Gasteiger partial charge in [-0.3, -0.25) is 0 Å². The lowest BCUT2D eigenvalue weighted by atomic mass is 10.1. The molecular weight excluding hydrogens is 212 g/mol. The summed E-state index contributed by atoms with van der Waals surface area (Å²) in [6.07, 6.45) is 1.80. The summed E-state index contributed by atoms with van der Waals surface area (Å²) < 4.78 is 1.90. The number of aryl methyl sites for hydroxylation is 2. The van der Waals surface area contributed by atoms with E-state index < -0.39 is 0 Å². The Labute approximate surface area is 102 Å². The van der Waals surface area contributed by atoms with Gasteiger partial charge in [0.15, 0.2) is 5.82 Å². The van der Waals surface area contributed by atoms with Gasteiger partial charge in [0, 0.05) is 23.5 Å². The Morgan fingerprint density at radius 1 is 1.35 bits per heavy atom. The lowest BCUT2D eigenvalue weighted by Crippen LogP contribution is -2.16. The van der Waals surface area contributed by atoms with Crippen LogP contribution in [-0.4, -0.2) is 21.8 Å². The smallest absolute Gasteiger partial charge is 0.158 e. The van der Waals surface area contributed by atoms with Gasteiger partial charge in [-0.15, -0.1) is 0 Å². The molecule has 17 heavy (non-hydrogen) atoms. The summed E-state index contributed by atoms with van der Waals surface area (Å²) in [5.74, 6) is 0.903. The fourth-order valence-electron chi connectivity index (χ4n) is 1.92. The molecule has 4 heteroatoms. The molecule has 90 valence electrons. The van der Waals surface area contributed by atoms with E-state index in [0.717, 1.165) is 22.8 Å². The van der Waals surface area contributed by atoms with Crippen molar-refractivity contribution in [2.75, 3.05) is 7.05 Å². The van der Waals surface area contributed by atoms with Crippen molar-refractivity contribution in [3.8, 4) is 5.82 Å². The van der Waals surface area contributed by atoms with Crippen molar-refractivity contribution in [1.82, 2.24) is 20.1 Å². The molecule has 0 bridgehead atoms. The number of nitrogens with zero attached hydrogens (tertiary/aromatic N) is 3. The zero-order valence-electron chi connectivity index (χ0n) is 10.7. The summed E-state index contributed by atoms with van der Waals surface area (Å²) in [5.41, 5.74) is 3.27. The minimum Gasteiger partial charge on any atom is -0.313 e. The fourth-order valence-corrected chi connectivity index (χ4v) is 1.92. The predicted octanol–water partition coefficient (Wildman–Crippen LogP) is 2.16. The first kappa shape index (κ1) is 11.8. The van der Waals surface area contributed by atoms with Crippen LogP contribution in [0.5, 0.6) is 0 Å². The second-order valence-electron chi connectivity index (χ2n) is 4.27. The first-order chi connectivity index (χ1) is 8.13. The van der Waals surface area contributed by atoms with E-state index in [2.05, 4.69) is 34.5 Å². The van der Waals surface area contributed by atoms with Crippen molar-refractivity contribution in [1.29, 1.82) is 0 Å². The molecule has 1 N–H and O–H groups in total. The van der Waals surface area contributed by atoms with Crippen molar-refractivity contribution in [3.63, 3.8) is 0 Å². The highest BCUT2D eigenvalue weighted by atomic mass is 15.3. The first-order valence-electron chi connectivity index (χ1n) is 5.79. The van der Waals surface area contributed by atoms with Gasteiger partial charge < -0.3 is 5.32 Å². The van der Waals surface area contributed by atoms with Crippen LogP contribution in [0.2, 0.25) is 0 Å². The van der Waals surface area contributed by atoms with E-state index in [9.17, 15) is 0 Å². The number of nitrogens with one attached hydrogen (secondary N) is 1. The number of hydrogen-bond donors (Lipinski definition) is 1. The third-order valence-electron chi connectivity index (χ3n) is 2.93. The van der Waals surface area contributed by atoms with Gasteiger partial charge in [0.05, 0.1) is 5.69 Å². The highest BCUT2D eigenvalue weighted by molar-refractivity contribution is 5.37. The molecule has 0 aliphatic heterocycles. The summed E-state index contributed by atoms with van der Waals surface area (Å²) in [6.45, 7) is 6.16. The molecule has 1 atom stereocenters. The lowest BCUT2D eigenvalue weighted by Gasteiger charge is -2.15. The Morgan fingerprint density at radius 3 is 2.71 bits per heavy atom. The highest BCUT2D eigenvalue weighted by Gasteiger charge is 2.13. The van der Waals surface area contributed by atoms with Gasteiger partial charge in [-0.2, -0.15) is 5.10 Å². The summed E-state index contributed by atoms with van der Waals surface area (Å²) in [6, 6.07) is 6.35. The molecule has 2 aromatic heterocycles. The summed E-state index contributed by atoms with van der Waals surface area (Å²) in [7, 11) is 1.95. The molecule has 0 fully saturated rings. The summed E-state index contributed by atoms with van der Waals surface area (Å²) in [5, 5.41) is 7.72. The van der Waals surface area contributed by atoms with Crippen LogP contribution in [-0.2, 0) is 0 Å². The molecular formula is C13H18N4. The van der Waals surface area contributed by atoms with Gasteiger partial charge in [-0.25, -0.2) is 9.67 Å². The standard InChI is InChI=1S/C13H18N4/c1-9-8-10(2)17(16-9)13-12(11(3)14-4)6-5-7-15-13/h5-8,11,14H,1-4H3. The van der Waals surface area contributed by atoms with Crippen molar-refractivity contribution in [3.05, 3.63) is 41.3 Å². The molecule has 0 spiro atoms. The molecule has 0 aliphatic rings. The average molecular weight is 230 g/mol. The molecule has 0 aromatic carbocycles. The maximum Gasteiger partial charge on any atom is 0.158 e. The number of rotatable bonds is 3. The molecule has 0 aliphatic carbocycles. The topological polar surface area (TPSA) is 42.7 Å². The zero-order valence-corrected chi connectivity index (χ0v) is 10.7. The molecule has 2 aromatic rings. The van der Waals surface area contributed by atoms with E-state index in [1.165, 1.54) is 0 Å². The Balaban J connectivity index is 2.55. The number of aromatic nitrogens is 3. The maximum absolute atomic E-state index is 4.48. The van der Waals surface area contributed by atoms with Crippen LogP contribution in [0.25, 0.3) is 5.82 Å². The van der Waals surface area contributed by atoms with Crippen molar-refractivity contribution in [2.24, 2.45) is 0 Å². The van der Waals surface area contributed by atoms with Crippen LogP contribution in [0, 0.1) is 13.8 Å². The minimum atomic E-state index is 0.252. The van der Waals surface area contributed by atoms with Crippen LogP contribution >= 0.6 is 0 Å². The van der Waals surface area contributed by atoms with Crippen molar-refractivity contribution in [2.45, 2.75) is 26.8 Å². The molecule has 0 saturated heterocycles. The molecule has 0 amide bonds. The van der Waals surface area contributed by atoms with E-state index in [1.54, 1.807) is 6.20 Å².